The van der Waals surface area contributed by atoms with Crippen LogP contribution < -0.4 is 15.4 Å². The number of nitrogens with one attached hydrogen (secondary N) is 2. The lowest BCUT2D eigenvalue weighted by Crippen LogP contribution is -2.44. The number of aromatic nitrogens is 2. The first-order chi connectivity index (χ1) is 11.8. The second kappa shape index (κ2) is 7.63. The van der Waals surface area contributed by atoms with Crippen molar-refractivity contribution in [2.75, 3.05) is 7.05 Å². The molecule has 1 amide bonds. The van der Waals surface area contributed by atoms with Crippen molar-refractivity contribution in [3.05, 3.63) is 47.5 Å². The first-order valence-corrected chi connectivity index (χ1v) is 8.24. The molecular weight excluding hydrogens is 359 g/mol. The topological polar surface area (TPSA) is 68.2 Å². The third-order valence-electron chi connectivity index (χ3n) is 4.36. The molecule has 0 saturated carbocycles. The lowest BCUT2D eigenvalue weighted by atomic mass is 9.89. The van der Waals surface area contributed by atoms with Gasteiger partial charge >= 0.3 is 0 Å². The maximum absolute atomic E-state index is 13.6. The zero-order valence-corrected chi connectivity index (χ0v) is 16.1. The van der Waals surface area contributed by atoms with E-state index in [4.69, 9.17) is 4.74 Å². The molecule has 0 fully saturated rings. The number of amides is 1. The molecule has 2 atom stereocenters. The van der Waals surface area contributed by atoms with Gasteiger partial charge in [0.05, 0.1) is 12.2 Å². The van der Waals surface area contributed by atoms with E-state index in [-0.39, 0.29) is 30.2 Å². The Morgan fingerprint density at radius 1 is 1.46 bits per heavy atom. The molecule has 0 spiro atoms. The average Bonchev–Trinajstić information content (AvgIpc) is 2.92. The van der Waals surface area contributed by atoms with E-state index in [0.29, 0.717) is 12.2 Å². The van der Waals surface area contributed by atoms with Crippen LogP contribution in [-0.2, 0) is 11.8 Å². The molecule has 0 aliphatic carbocycles. The molecule has 142 valence electrons. The molecule has 1 aliphatic heterocycles. The Morgan fingerprint density at radius 2 is 2.19 bits per heavy atom. The molecule has 6 nitrogen and oxygen atoms in total. The number of hydrogen-bond donors (Lipinski definition) is 2. The number of carbonyl (C=O) groups excluding carboxylic acids is 1. The standard InChI is InChI=1S/C18H23FN4O2.ClH/c1-18(2)8-14(13-6-5-12(19)7-15(13)25-18)22-17(24)16(20-3)11-9-21-23(4)10-11;/h5-7,9-10,14,16,20H,8H2,1-4H3,(H,22,24);1H. The fraction of sp³-hybridized carbons (Fsp3) is 0.444. The van der Waals surface area contributed by atoms with Gasteiger partial charge in [-0.15, -0.1) is 12.4 Å². The predicted octanol–water partition coefficient (Wildman–Crippen LogP) is 2.66. The van der Waals surface area contributed by atoms with Gasteiger partial charge < -0.3 is 15.4 Å². The quantitative estimate of drug-likeness (QED) is 0.853. The molecule has 1 aromatic heterocycles. The number of rotatable bonds is 4. The molecule has 1 aromatic carbocycles. The minimum absolute atomic E-state index is 0. The minimum atomic E-state index is -0.511. The smallest absolute Gasteiger partial charge is 0.242 e. The van der Waals surface area contributed by atoms with Gasteiger partial charge in [-0.2, -0.15) is 5.10 Å². The number of hydrogen-bond acceptors (Lipinski definition) is 4. The Hall–Kier alpha value is -2.12. The van der Waals surface area contributed by atoms with Crippen molar-refractivity contribution in [2.24, 2.45) is 7.05 Å². The van der Waals surface area contributed by atoms with Crippen molar-refractivity contribution in [3.63, 3.8) is 0 Å². The van der Waals surface area contributed by atoms with Gasteiger partial charge in [-0.3, -0.25) is 9.48 Å². The summed E-state index contributed by atoms with van der Waals surface area (Å²) in [6, 6.07) is 3.66. The van der Waals surface area contributed by atoms with Crippen molar-refractivity contribution in [2.45, 2.75) is 38.0 Å². The summed E-state index contributed by atoms with van der Waals surface area (Å²) in [6.07, 6.45) is 4.07. The Labute approximate surface area is 158 Å². The second-order valence-corrected chi connectivity index (χ2v) is 6.98. The Balaban J connectivity index is 0.00000243. The monoisotopic (exact) mass is 382 g/mol. The predicted molar refractivity (Wildman–Crippen MR) is 98.9 cm³/mol. The highest BCUT2D eigenvalue weighted by Gasteiger charge is 2.36. The molecule has 8 heteroatoms. The molecule has 0 saturated heterocycles. The number of benzene rings is 1. The highest BCUT2D eigenvalue weighted by atomic mass is 35.5. The Bertz CT molecular complexity index is 793. The lowest BCUT2D eigenvalue weighted by molar-refractivity contribution is -0.124. The second-order valence-electron chi connectivity index (χ2n) is 6.98. The largest absolute Gasteiger partial charge is 0.487 e. The van der Waals surface area contributed by atoms with Crippen LogP contribution in [0.25, 0.3) is 0 Å². The van der Waals surface area contributed by atoms with E-state index in [1.165, 1.54) is 12.1 Å². The number of fused-ring (bicyclic) bond motifs is 1. The molecule has 0 radical (unpaired) electrons. The fourth-order valence-corrected chi connectivity index (χ4v) is 3.25. The van der Waals surface area contributed by atoms with Crippen LogP contribution in [0.5, 0.6) is 5.75 Å². The van der Waals surface area contributed by atoms with Crippen molar-refractivity contribution < 1.29 is 13.9 Å². The highest BCUT2D eigenvalue weighted by Crippen LogP contribution is 2.40. The molecule has 3 rings (SSSR count). The van der Waals surface area contributed by atoms with E-state index >= 15 is 0 Å². The van der Waals surface area contributed by atoms with Crippen LogP contribution in [0.4, 0.5) is 4.39 Å². The SMILES string of the molecule is CNC(C(=O)NC1CC(C)(C)Oc2cc(F)ccc21)c1cnn(C)c1.Cl. The number of carbonyl (C=O) groups is 1. The van der Waals surface area contributed by atoms with Crippen LogP contribution in [-0.4, -0.2) is 28.3 Å². The summed E-state index contributed by atoms with van der Waals surface area (Å²) in [4.78, 5) is 12.8. The summed E-state index contributed by atoms with van der Waals surface area (Å²) in [5.74, 6) is -0.0394. The van der Waals surface area contributed by atoms with Crippen LogP contribution in [0.2, 0.25) is 0 Å². The number of nitrogens with zero attached hydrogens (tertiary/aromatic N) is 2. The first kappa shape index (κ1) is 20.2. The van der Waals surface area contributed by atoms with Crippen LogP contribution >= 0.6 is 12.4 Å². The number of likely N-dealkylation sites (N-methyl/N-ethyl adjacent to an activating group) is 1. The fourth-order valence-electron chi connectivity index (χ4n) is 3.25. The first-order valence-electron chi connectivity index (χ1n) is 8.24. The maximum Gasteiger partial charge on any atom is 0.242 e. The molecule has 0 bridgehead atoms. The molecule has 2 N–H and O–H groups in total. The molecular formula is C18H24ClFN4O2. The van der Waals surface area contributed by atoms with E-state index in [1.807, 2.05) is 13.8 Å². The highest BCUT2D eigenvalue weighted by molar-refractivity contribution is 5.85. The van der Waals surface area contributed by atoms with Crippen LogP contribution in [0.15, 0.2) is 30.6 Å². The van der Waals surface area contributed by atoms with E-state index in [1.54, 1.807) is 37.2 Å². The van der Waals surface area contributed by atoms with Gasteiger partial charge in [-0.25, -0.2) is 4.39 Å². The van der Waals surface area contributed by atoms with Crippen LogP contribution in [0.3, 0.4) is 0 Å². The van der Waals surface area contributed by atoms with Gasteiger partial charge in [0.25, 0.3) is 0 Å². The van der Waals surface area contributed by atoms with Gasteiger partial charge in [-0.1, -0.05) is 6.07 Å². The summed E-state index contributed by atoms with van der Waals surface area (Å²) in [5, 5.41) is 10.2. The van der Waals surface area contributed by atoms with E-state index < -0.39 is 11.6 Å². The summed E-state index contributed by atoms with van der Waals surface area (Å²) >= 11 is 0. The van der Waals surface area contributed by atoms with Gasteiger partial charge in [0.1, 0.15) is 23.2 Å². The summed E-state index contributed by atoms with van der Waals surface area (Å²) in [7, 11) is 3.54. The molecule has 2 aromatic rings. The molecule has 1 aliphatic rings. The number of halogens is 2. The van der Waals surface area contributed by atoms with Crippen molar-refractivity contribution in [1.29, 1.82) is 0 Å². The summed E-state index contributed by atoms with van der Waals surface area (Å²) in [6.45, 7) is 3.85. The molecule has 2 heterocycles. The number of aryl methyl sites for hydroxylation is 1. The van der Waals surface area contributed by atoms with Gasteiger partial charge in [0, 0.05) is 36.9 Å². The van der Waals surface area contributed by atoms with Crippen molar-refractivity contribution >= 4 is 18.3 Å². The number of ether oxygens (including phenoxy) is 1. The van der Waals surface area contributed by atoms with Crippen LogP contribution in [0, 0.1) is 5.82 Å². The van der Waals surface area contributed by atoms with Crippen molar-refractivity contribution in [1.82, 2.24) is 20.4 Å². The normalized spacial score (nSPS) is 18.9. The third-order valence-corrected chi connectivity index (χ3v) is 4.36. The minimum Gasteiger partial charge on any atom is -0.487 e. The Kier molecular flexibility index (Phi) is 5.93. The third kappa shape index (κ3) is 4.16. The van der Waals surface area contributed by atoms with Crippen molar-refractivity contribution in [3.8, 4) is 5.75 Å². The molecule has 26 heavy (non-hydrogen) atoms. The van der Waals surface area contributed by atoms with Gasteiger partial charge in [-0.05, 0) is 27.0 Å². The Morgan fingerprint density at radius 3 is 2.81 bits per heavy atom. The summed E-state index contributed by atoms with van der Waals surface area (Å²) in [5.41, 5.74) is 1.07. The zero-order chi connectivity index (χ0) is 18.2. The summed E-state index contributed by atoms with van der Waals surface area (Å²) < 4.78 is 21.1. The lowest BCUT2D eigenvalue weighted by Gasteiger charge is -2.38. The molecule has 2 unspecified atom stereocenters. The van der Waals surface area contributed by atoms with Gasteiger partial charge in [0.15, 0.2) is 0 Å². The average molecular weight is 383 g/mol. The van der Waals surface area contributed by atoms with E-state index in [0.717, 1.165) is 11.1 Å². The van der Waals surface area contributed by atoms with Gasteiger partial charge in [0.2, 0.25) is 5.91 Å². The van der Waals surface area contributed by atoms with Crippen LogP contribution in [0.1, 0.15) is 43.5 Å². The van der Waals surface area contributed by atoms with E-state index in [9.17, 15) is 9.18 Å². The maximum atomic E-state index is 13.6. The van der Waals surface area contributed by atoms with E-state index in [2.05, 4.69) is 15.7 Å². The zero-order valence-electron chi connectivity index (χ0n) is 15.2.